The van der Waals surface area contributed by atoms with Crippen LogP contribution < -0.4 is 5.32 Å². The van der Waals surface area contributed by atoms with Crippen molar-refractivity contribution >= 4 is 17.7 Å². The van der Waals surface area contributed by atoms with Crippen molar-refractivity contribution in [1.29, 1.82) is 0 Å². The van der Waals surface area contributed by atoms with E-state index in [2.05, 4.69) is 10.3 Å². The first kappa shape index (κ1) is 19.3. The van der Waals surface area contributed by atoms with Crippen LogP contribution in [0.3, 0.4) is 0 Å². The van der Waals surface area contributed by atoms with Gasteiger partial charge >= 0.3 is 12.1 Å². The average molecular weight is 339 g/mol. The molecule has 0 aromatic carbocycles. The van der Waals surface area contributed by atoms with Crippen molar-refractivity contribution in [3.8, 4) is 0 Å². The van der Waals surface area contributed by atoms with Crippen LogP contribution in [0, 0.1) is 10.1 Å². The maximum Gasteiger partial charge on any atom is 0.408 e. The standard InChI is InChI=1S/C15H21N3O6/c1-5-15(12(19)20,17-13(21)24-14(2,3)4)8-10-6-7-11(9-16-10)18(22)23/h6-7,9H,5,8H2,1-4H3,(H,17,21)(H,19,20)/t15-/m0/s1. The third-order valence-electron chi connectivity index (χ3n) is 3.26. The van der Waals surface area contributed by atoms with Crippen molar-refractivity contribution in [2.24, 2.45) is 0 Å². The van der Waals surface area contributed by atoms with Crippen LogP contribution in [0.15, 0.2) is 18.3 Å². The molecule has 9 nitrogen and oxygen atoms in total. The van der Waals surface area contributed by atoms with Crippen LogP contribution in [0.4, 0.5) is 10.5 Å². The highest BCUT2D eigenvalue weighted by atomic mass is 16.6. The van der Waals surface area contributed by atoms with Gasteiger partial charge in [0.2, 0.25) is 0 Å². The fraction of sp³-hybridized carbons (Fsp3) is 0.533. The number of nitrogens with one attached hydrogen (secondary N) is 1. The Morgan fingerprint density at radius 2 is 2.00 bits per heavy atom. The van der Waals surface area contributed by atoms with E-state index in [9.17, 15) is 24.8 Å². The Balaban J connectivity index is 3.01. The van der Waals surface area contributed by atoms with Crippen LogP contribution in [-0.2, 0) is 16.0 Å². The number of hydrogen-bond donors (Lipinski definition) is 2. The Bertz CT molecular complexity index is 623. The maximum atomic E-state index is 12.0. The molecule has 0 unspecified atom stereocenters. The summed E-state index contributed by atoms with van der Waals surface area (Å²) in [6.45, 7) is 6.60. The van der Waals surface area contributed by atoms with Gasteiger partial charge in [0.15, 0.2) is 0 Å². The predicted octanol–water partition coefficient (Wildman–Crippen LogP) is 2.29. The van der Waals surface area contributed by atoms with Crippen molar-refractivity contribution in [3.63, 3.8) is 0 Å². The number of aliphatic carboxylic acids is 1. The second kappa shape index (κ2) is 7.24. The molecule has 0 saturated carbocycles. The molecule has 0 spiro atoms. The van der Waals surface area contributed by atoms with Gasteiger partial charge in [-0.25, -0.2) is 9.59 Å². The van der Waals surface area contributed by atoms with Crippen LogP contribution in [0.25, 0.3) is 0 Å². The molecule has 1 aromatic rings. The minimum atomic E-state index is -1.62. The lowest BCUT2D eigenvalue weighted by Crippen LogP contribution is -2.56. The van der Waals surface area contributed by atoms with E-state index in [1.54, 1.807) is 27.7 Å². The number of nitrogens with zero attached hydrogens (tertiary/aromatic N) is 2. The third-order valence-corrected chi connectivity index (χ3v) is 3.26. The largest absolute Gasteiger partial charge is 0.479 e. The number of carboxylic acid groups (broad SMARTS) is 1. The summed E-state index contributed by atoms with van der Waals surface area (Å²) in [4.78, 5) is 37.6. The normalized spacial score (nSPS) is 13.7. The summed E-state index contributed by atoms with van der Waals surface area (Å²) in [5, 5.41) is 22.6. The van der Waals surface area contributed by atoms with E-state index in [0.29, 0.717) is 5.69 Å². The highest BCUT2D eigenvalue weighted by molar-refractivity contribution is 5.84. The molecule has 1 amide bonds. The maximum absolute atomic E-state index is 12.0. The number of pyridine rings is 1. The summed E-state index contributed by atoms with van der Waals surface area (Å²) in [6, 6.07) is 2.60. The van der Waals surface area contributed by atoms with Crippen molar-refractivity contribution in [1.82, 2.24) is 10.3 Å². The third kappa shape index (κ3) is 5.18. The van der Waals surface area contributed by atoms with E-state index in [-0.39, 0.29) is 18.5 Å². The van der Waals surface area contributed by atoms with E-state index in [0.717, 1.165) is 6.20 Å². The molecule has 1 rings (SSSR count). The molecule has 0 radical (unpaired) electrons. The molecule has 0 saturated heterocycles. The highest BCUT2D eigenvalue weighted by Crippen LogP contribution is 2.20. The van der Waals surface area contributed by atoms with Crippen molar-refractivity contribution in [2.45, 2.75) is 51.7 Å². The summed E-state index contributed by atoms with van der Waals surface area (Å²) in [7, 11) is 0. The van der Waals surface area contributed by atoms with E-state index >= 15 is 0 Å². The average Bonchev–Trinajstić information content (AvgIpc) is 2.44. The molecule has 0 aliphatic carbocycles. The zero-order chi connectivity index (χ0) is 18.5. The van der Waals surface area contributed by atoms with E-state index in [4.69, 9.17) is 4.74 Å². The van der Waals surface area contributed by atoms with Crippen LogP contribution in [0.1, 0.15) is 39.8 Å². The first-order valence-corrected chi connectivity index (χ1v) is 7.33. The van der Waals surface area contributed by atoms with Crippen LogP contribution in [0.5, 0.6) is 0 Å². The monoisotopic (exact) mass is 339 g/mol. The Kier molecular flexibility index (Phi) is 5.83. The molecular weight excluding hydrogens is 318 g/mol. The number of nitro groups is 1. The molecule has 1 heterocycles. The zero-order valence-electron chi connectivity index (χ0n) is 14.0. The molecular formula is C15H21N3O6. The summed E-state index contributed by atoms with van der Waals surface area (Å²) in [5.41, 5.74) is -2.28. The van der Waals surface area contributed by atoms with Gasteiger partial charge < -0.3 is 15.2 Å². The van der Waals surface area contributed by atoms with Gasteiger partial charge in [-0.2, -0.15) is 0 Å². The van der Waals surface area contributed by atoms with Crippen molar-refractivity contribution in [2.75, 3.05) is 0 Å². The van der Waals surface area contributed by atoms with Crippen molar-refractivity contribution < 1.29 is 24.4 Å². The SMILES string of the molecule is CC[C@@](Cc1ccc([N+](=O)[O-])cn1)(NC(=O)OC(C)(C)C)C(=O)O. The lowest BCUT2D eigenvalue weighted by atomic mass is 9.90. The van der Waals surface area contributed by atoms with Gasteiger partial charge in [-0.15, -0.1) is 0 Å². The minimum Gasteiger partial charge on any atom is -0.479 e. The number of rotatable bonds is 6. The second-order valence-corrected chi connectivity index (χ2v) is 6.31. The second-order valence-electron chi connectivity index (χ2n) is 6.31. The molecule has 0 bridgehead atoms. The fourth-order valence-corrected chi connectivity index (χ4v) is 1.98. The van der Waals surface area contributed by atoms with Crippen LogP contribution in [-0.4, -0.2) is 38.2 Å². The van der Waals surface area contributed by atoms with Crippen LogP contribution >= 0.6 is 0 Å². The van der Waals surface area contributed by atoms with Crippen LogP contribution in [0.2, 0.25) is 0 Å². The Hall–Kier alpha value is -2.71. The Morgan fingerprint density at radius 3 is 2.38 bits per heavy atom. The molecule has 9 heteroatoms. The number of aromatic nitrogens is 1. The number of hydrogen-bond acceptors (Lipinski definition) is 6. The smallest absolute Gasteiger partial charge is 0.408 e. The number of ether oxygens (including phenoxy) is 1. The molecule has 24 heavy (non-hydrogen) atoms. The molecule has 0 aliphatic rings. The van der Waals surface area contributed by atoms with Gasteiger partial charge in [0.1, 0.15) is 17.3 Å². The molecule has 0 aliphatic heterocycles. The number of carbonyl (C=O) groups excluding carboxylic acids is 1. The topological polar surface area (TPSA) is 132 Å². The molecule has 1 atom stereocenters. The predicted molar refractivity (Wildman–Crippen MR) is 84.6 cm³/mol. The summed E-state index contributed by atoms with van der Waals surface area (Å²) < 4.78 is 5.11. The van der Waals surface area contributed by atoms with Gasteiger partial charge in [0.05, 0.1) is 4.92 Å². The van der Waals surface area contributed by atoms with E-state index < -0.39 is 28.1 Å². The Labute approximate surface area is 139 Å². The van der Waals surface area contributed by atoms with Gasteiger partial charge in [-0.05, 0) is 33.3 Å². The quantitative estimate of drug-likeness (QED) is 0.600. The zero-order valence-corrected chi connectivity index (χ0v) is 14.0. The van der Waals surface area contributed by atoms with Gasteiger partial charge in [-0.1, -0.05) is 6.92 Å². The highest BCUT2D eigenvalue weighted by Gasteiger charge is 2.40. The molecule has 132 valence electrons. The van der Waals surface area contributed by atoms with Gasteiger partial charge in [0.25, 0.3) is 5.69 Å². The minimum absolute atomic E-state index is 0.0836. The number of amides is 1. The molecule has 2 N–H and O–H groups in total. The first-order valence-electron chi connectivity index (χ1n) is 7.33. The summed E-state index contributed by atoms with van der Waals surface area (Å²) in [6.07, 6.45) is 0.148. The Morgan fingerprint density at radius 1 is 1.38 bits per heavy atom. The van der Waals surface area contributed by atoms with E-state index in [1.165, 1.54) is 12.1 Å². The van der Waals surface area contributed by atoms with Gasteiger partial charge in [0, 0.05) is 18.2 Å². The van der Waals surface area contributed by atoms with Crippen molar-refractivity contribution in [3.05, 3.63) is 34.1 Å². The lowest BCUT2D eigenvalue weighted by Gasteiger charge is -2.30. The first-order chi connectivity index (χ1) is 11.0. The number of carboxylic acids is 1. The fourth-order valence-electron chi connectivity index (χ4n) is 1.98. The summed E-state index contributed by atoms with van der Waals surface area (Å²) >= 11 is 0. The summed E-state index contributed by atoms with van der Waals surface area (Å²) in [5.74, 6) is -1.24. The number of carbonyl (C=O) groups is 2. The molecule has 0 fully saturated rings. The van der Waals surface area contributed by atoms with Gasteiger partial charge in [-0.3, -0.25) is 15.1 Å². The van der Waals surface area contributed by atoms with E-state index in [1.807, 2.05) is 0 Å². The number of alkyl carbamates (subject to hydrolysis) is 1. The molecule has 1 aromatic heterocycles. The lowest BCUT2D eigenvalue weighted by molar-refractivity contribution is -0.385.